The molecule has 22 heavy (non-hydrogen) atoms. The molecular formula is C17H21NO3S. The standard InChI is InChI=1S/C17H21NO3S/c1-3-9-21-15-8-7-13(11-16(15)20-4-2)17(19)18-12-14-6-5-10-22-14/h5-8,10-11H,3-4,9,12H2,1-2H3,(H,18,19). The summed E-state index contributed by atoms with van der Waals surface area (Å²) in [4.78, 5) is 13.3. The third kappa shape index (κ3) is 4.49. The number of benzene rings is 1. The van der Waals surface area contributed by atoms with E-state index in [1.165, 1.54) is 0 Å². The first kappa shape index (κ1) is 16.4. The highest BCUT2D eigenvalue weighted by molar-refractivity contribution is 7.09. The van der Waals surface area contributed by atoms with E-state index in [0.717, 1.165) is 11.3 Å². The van der Waals surface area contributed by atoms with E-state index in [2.05, 4.69) is 5.32 Å². The van der Waals surface area contributed by atoms with Crippen molar-refractivity contribution in [2.24, 2.45) is 0 Å². The molecule has 0 saturated heterocycles. The zero-order valence-electron chi connectivity index (χ0n) is 12.9. The first-order valence-corrected chi connectivity index (χ1v) is 8.32. The molecule has 0 saturated carbocycles. The van der Waals surface area contributed by atoms with Crippen molar-refractivity contribution in [3.8, 4) is 11.5 Å². The molecule has 1 amide bonds. The van der Waals surface area contributed by atoms with Crippen LogP contribution in [0.25, 0.3) is 0 Å². The molecule has 1 heterocycles. The van der Waals surface area contributed by atoms with Crippen LogP contribution in [0.3, 0.4) is 0 Å². The van der Waals surface area contributed by atoms with Gasteiger partial charge in [0.25, 0.3) is 5.91 Å². The van der Waals surface area contributed by atoms with Crippen molar-refractivity contribution >= 4 is 17.2 Å². The van der Waals surface area contributed by atoms with Gasteiger partial charge in [-0.2, -0.15) is 0 Å². The maximum atomic E-state index is 12.2. The normalized spacial score (nSPS) is 10.3. The molecule has 4 nitrogen and oxygen atoms in total. The molecule has 0 atom stereocenters. The van der Waals surface area contributed by atoms with Crippen LogP contribution in [0, 0.1) is 0 Å². The molecule has 0 aliphatic heterocycles. The number of amides is 1. The minimum atomic E-state index is -0.114. The Balaban J connectivity index is 2.06. The minimum absolute atomic E-state index is 0.114. The number of hydrogen-bond acceptors (Lipinski definition) is 4. The molecule has 5 heteroatoms. The fourth-order valence-corrected chi connectivity index (χ4v) is 2.58. The Hall–Kier alpha value is -2.01. The lowest BCUT2D eigenvalue weighted by Crippen LogP contribution is -2.22. The molecule has 1 aromatic carbocycles. The van der Waals surface area contributed by atoms with Crippen molar-refractivity contribution in [3.05, 3.63) is 46.2 Å². The Labute approximate surface area is 135 Å². The summed E-state index contributed by atoms with van der Waals surface area (Å²) in [5.41, 5.74) is 0.573. The third-order valence-corrected chi connectivity index (χ3v) is 3.85. The quantitative estimate of drug-likeness (QED) is 0.803. The number of rotatable bonds is 8. The molecule has 0 aliphatic rings. The molecule has 0 radical (unpaired) electrons. The van der Waals surface area contributed by atoms with Crippen LogP contribution in [0.15, 0.2) is 35.7 Å². The van der Waals surface area contributed by atoms with Crippen LogP contribution < -0.4 is 14.8 Å². The Morgan fingerprint density at radius 3 is 2.73 bits per heavy atom. The molecule has 0 unspecified atom stereocenters. The summed E-state index contributed by atoms with van der Waals surface area (Å²) >= 11 is 1.62. The Morgan fingerprint density at radius 2 is 2.05 bits per heavy atom. The van der Waals surface area contributed by atoms with E-state index in [0.29, 0.717) is 36.8 Å². The number of nitrogens with one attached hydrogen (secondary N) is 1. The highest BCUT2D eigenvalue weighted by Gasteiger charge is 2.11. The molecule has 2 rings (SSSR count). The van der Waals surface area contributed by atoms with Gasteiger partial charge in [-0.15, -0.1) is 11.3 Å². The summed E-state index contributed by atoms with van der Waals surface area (Å²) in [6, 6.07) is 9.26. The molecule has 1 aromatic heterocycles. The van der Waals surface area contributed by atoms with Gasteiger partial charge in [0.05, 0.1) is 19.8 Å². The van der Waals surface area contributed by atoms with E-state index >= 15 is 0 Å². The second kappa shape index (κ2) is 8.44. The van der Waals surface area contributed by atoms with Gasteiger partial charge < -0.3 is 14.8 Å². The molecule has 1 N–H and O–H groups in total. The molecule has 118 valence electrons. The first-order chi connectivity index (χ1) is 10.7. The lowest BCUT2D eigenvalue weighted by molar-refractivity contribution is 0.0950. The fourth-order valence-electron chi connectivity index (χ4n) is 1.93. The van der Waals surface area contributed by atoms with Crippen molar-refractivity contribution in [2.45, 2.75) is 26.8 Å². The zero-order valence-corrected chi connectivity index (χ0v) is 13.7. The van der Waals surface area contributed by atoms with E-state index < -0.39 is 0 Å². The largest absolute Gasteiger partial charge is 0.490 e. The van der Waals surface area contributed by atoms with E-state index in [9.17, 15) is 4.79 Å². The van der Waals surface area contributed by atoms with Gasteiger partial charge in [0.15, 0.2) is 11.5 Å². The van der Waals surface area contributed by atoms with Crippen LogP contribution in [-0.4, -0.2) is 19.1 Å². The average Bonchev–Trinajstić information content (AvgIpc) is 3.05. The van der Waals surface area contributed by atoms with Gasteiger partial charge in [-0.05, 0) is 43.0 Å². The van der Waals surface area contributed by atoms with Crippen LogP contribution in [0.1, 0.15) is 35.5 Å². The Kier molecular flexibility index (Phi) is 6.27. The predicted octanol–water partition coefficient (Wildman–Crippen LogP) is 3.87. The number of hydrogen-bond donors (Lipinski definition) is 1. The zero-order chi connectivity index (χ0) is 15.8. The minimum Gasteiger partial charge on any atom is -0.490 e. The van der Waals surface area contributed by atoms with Crippen molar-refractivity contribution in [1.29, 1.82) is 0 Å². The number of ether oxygens (including phenoxy) is 2. The van der Waals surface area contributed by atoms with E-state index in [1.807, 2.05) is 31.4 Å². The van der Waals surface area contributed by atoms with Gasteiger partial charge >= 0.3 is 0 Å². The van der Waals surface area contributed by atoms with Gasteiger partial charge in [-0.1, -0.05) is 13.0 Å². The van der Waals surface area contributed by atoms with E-state index in [-0.39, 0.29) is 5.91 Å². The smallest absolute Gasteiger partial charge is 0.251 e. The summed E-state index contributed by atoms with van der Waals surface area (Å²) in [6.07, 6.45) is 0.925. The number of carbonyl (C=O) groups is 1. The van der Waals surface area contributed by atoms with Gasteiger partial charge in [0.2, 0.25) is 0 Å². The Bertz CT molecular complexity index is 596. The predicted molar refractivity (Wildman–Crippen MR) is 88.9 cm³/mol. The Morgan fingerprint density at radius 1 is 1.18 bits per heavy atom. The third-order valence-electron chi connectivity index (χ3n) is 2.97. The van der Waals surface area contributed by atoms with E-state index in [4.69, 9.17) is 9.47 Å². The van der Waals surface area contributed by atoms with Gasteiger partial charge in [0, 0.05) is 10.4 Å². The van der Waals surface area contributed by atoms with Crippen LogP contribution >= 0.6 is 11.3 Å². The van der Waals surface area contributed by atoms with Crippen LogP contribution in [0.4, 0.5) is 0 Å². The summed E-state index contributed by atoms with van der Waals surface area (Å²) in [7, 11) is 0. The van der Waals surface area contributed by atoms with Gasteiger partial charge in [-0.25, -0.2) is 0 Å². The van der Waals surface area contributed by atoms with Crippen molar-refractivity contribution in [3.63, 3.8) is 0 Å². The molecule has 0 fully saturated rings. The second-order valence-electron chi connectivity index (χ2n) is 4.71. The van der Waals surface area contributed by atoms with Gasteiger partial charge in [0.1, 0.15) is 0 Å². The van der Waals surface area contributed by atoms with Crippen LogP contribution in [0.5, 0.6) is 11.5 Å². The van der Waals surface area contributed by atoms with Crippen molar-refractivity contribution < 1.29 is 14.3 Å². The SMILES string of the molecule is CCCOc1ccc(C(=O)NCc2cccs2)cc1OCC. The highest BCUT2D eigenvalue weighted by Crippen LogP contribution is 2.28. The second-order valence-corrected chi connectivity index (χ2v) is 5.74. The monoisotopic (exact) mass is 319 g/mol. The first-order valence-electron chi connectivity index (χ1n) is 7.44. The van der Waals surface area contributed by atoms with Crippen LogP contribution in [-0.2, 0) is 6.54 Å². The maximum Gasteiger partial charge on any atom is 0.251 e. The average molecular weight is 319 g/mol. The van der Waals surface area contributed by atoms with Crippen molar-refractivity contribution in [2.75, 3.05) is 13.2 Å². The molecular weight excluding hydrogens is 298 g/mol. The highest BCUT2D eigenvalue weighted by atomic mass is 32.1. The maximum absolute atomic E-state index is 12.2. The fraction of sp³-hybridized carbons (Fsp3) is 0.353. The molecule has 0 aliphatic carbocycles. The molecule has 0 spiro atoms. The van der Waals surface area contributed by atoms with Crippen molar-refractivity contribution in [1.82, 2.24) is 5.32 Å². The van der Waals surface area contributed by atoms with Gasteiger partial charge in [-0.3, -0.25) is 4.79 Å². The topological polar surface area (TPSA) is 47.6 Å². The summed E-state index contributed by atoms with van der Waals surface area (Å²) in [5, 5.41) is 4.90. The summed E-state index contributed by atoms with van der Waals surface area (Å²) in [6.45, 7) is 5.65. The molecule has 0 bridgehead atoms. The number of thiophene rings is 1. The van der Waals surface area contributed by atoms with Crippen LogP contribution in [0.2, 0.25) is 0 Å². The van der Waals surface area contributed by atoms with E-state index in [1.54, 1.807) is 29.5 Å². The summed E-state index contributed by atoms with van der Waals surface area (Å²) < 4.78 is 11.2. The summed E-state index contributed by atoms with van der Waals surface area (Å²) in [5.74, 6) is 1.18. The lowest BCUT2D eigenvalue weighted by atomic mass is 10.2. The lowest BCUT2D eigenvalue weighted by Gasteiger charge is -2.13. The molecule has 2 aromatic rings. The number of carbonyl (C=O) groups excluding carboxylic acids is 1.